The highest BCUT2D eigenvalue weighted by atomic mass is 16.3. The number of hydrogen-bond donors (Lipinski definition) is 3. The van der Waals surface area contributed by atoms with Crippen LogP contribution in [0.1, 0.15) is 38.5 Å². The molecule has 0 aromatic rings. The molecule has 2 rings (SSSR count). The first kappa shape index (κ1) is 10.9. The van der Waals surface area contributed by atoms with Crippen LogP contribution >= 0.6 is 0 Å². The van der Waals surface area contributed by atoms with E-state index in [-0.39, 0.29) is 24.0 Å². The maximum absolute atomic E-state index is 11.8. The Labute approximate surface area is 90.2 Å². The SMILES string of the molecule is NC1CCC(C(=O)NC2CC(O)C2)CC1. The van der Waals surface area contributed by atoms with Crippen molar-refractivity contribution >= 4 is 5.91 Å². The number of nitrogens with two attached hydrogens (primary N) is 1. The van der Waals surface area contributed by atoms with Gasteiger partial charge in [-0.25, -0.2) is 0 Å². The fraction of sp³-hybridized carbons (Fsp3) is 0.909. The minimum Gasteiger partial charge on any atom is -0.393 e. The summed E-state index contributed by atoms with van der Waals surface area (Å²) in [6.45, 7) is 0. The van der Waals surface area contributed by atoms with E-state index in [1.807, 2.05) is 0 Å². The molecule has 0 saturated heterocycles. The topological polar surface area (TPSA) is 75.4 Å². The first-order chi connectivity index (χ1) is 7.15. The van der Waals surface area contributed by atoms with Gasteiger partial charge in [0.2, 0.25) is 5.91 Å². The summed E-state index contributed by atoms with van der Waals surface area (Å²) >= 11 is 0. The van der Waals surface area contributed by atoms with Gasteiger partial charge in [0.1, 0.15) is 0 Å². The van der Waals surface area contributed by atoms with Crippen LogP contribution in [0.25, 0.3) is 0 Å². The van der Waals surface area contributed by atoms with Crippen molar-refractivity contribution in [1.29, 1.82) is 0 Å². The van der Waals surface area contributed by atoms with E-state index in [0.29, 0.717) is 6.04 Å². The highest BCUT2D eigenvalue weighted by Gasteiger charge is 2.31. The Hall–Kier alpha value is -0.610. The predicted octanol–water partition coefficient (Wildman–Crippen LogP) is 0.143. The molecule has 0 spiro atoms. The van der Waals surface area contributed by atoms with Crippen molar-refractivity contribution in [2.45, 2.75) is 56.7 Å². The normalized spacial score (nSPS) is 40.7. The number of carbonyl (C=O) groups is 1. The number of aliphatic hydroxyl groups excluding tert-OH is 1. The summed E-state index contributed by atoms with van der Waals surface area (Å²) < 4.78 is 0. The first-order valence-corrected chi connectivity index (χ1v) is 5.89. The third-order valence-electron chi connectivity index (χ3n) is 3.60. The zero-order chi connectivity index (χ0) is 10.8. The van der Waals surface area contributed by atoms with Crippen LogP contribution in [-0.2, 0) is 4.79 Å². The van der Waals surface area contributed by atoms with Crippen molar-refractivity contribution in [1.82, 2.24) is 5.32 Å². The molecular formula is C11H20N2O2. The fourth-order valence-electron chi connectivity index (χ4n) is 2.41. The molecule has 0 atom stereocenters. The lowest BCUT2D eigenvalue weighted by Gasteiger charge is -2.34. The molecule has 4 nitrogen and oxygen atoms in total. The minimum absolute atomic E-state index is 0.155. The summed E-state index contributed by atoms with van der Waals surface area (Å²) in [5.41, 5.74) is 5.79. The Bertz CT molecular complexity index is 231. The van der Waals surface area contributed by atoms with Gasteiger partial charge < -0.3 is 16.2 Å². The number of nitrogens with one attached hydrogen (secondary N) is 1. The zero-order valence-corrected chi connectivity index (χ0v) is 8.98. The van der Waals surface area contributed by atoms with Crippen molar-refractivity contribution in [3.05, 3.63) is 0 Å². The van der Waals surface area contributed by atoms with E-state index in [2.05, 4.69) is 5.32 Å². The highest BCUT2D eigenvalue weighted by Crippen LogP contribution is 2.25. The molecule has 0 aromatic heterocycles. The Morgan fingerprint density at radius 3 is 2.33 bits per heavy atom. The molecule has 2 saturated carbocycles. The molecule has 15 heavy (non-hydrogen) atoms. The lowest BCUT2D eigenvalue weighted by atomic mass is 9.84. The van der Waals surface area contributed by atoms with Crippen LogP contribution in [0.5, 0.6) is 0 Å². The summed E-state index contributed by atoms with van der Waals surface area (Å²) in [6, 6.07) is 0.502. The van der Waals surface area contributed by atoms with Crippen molar-refractivity contribution in [3.8, 4) is 0 Å². The van der Waals surface area contributed by atoms with Crippen LogP contribution in [0, 0.1) is 5.92 Å². The monoisotopic (exact) mass is 212 g/mol. The molecule has 4 N–H and O–H groups in total. The first-order valence-electron chi connectivity index (χ1n) is 5.89. The molecule has 4 heteroatoms. The Balaban J connectivity index is 1.71. The van der Waals surface area contributed by atoms with Crippen molar-refractivity contribution in [3.63, 3.8) is 0 Å². The van der Waals surface area contributed by atoms with E-state index in [0.717, 1.165) is 38.5 Å². The van der Waals surface area contributed by atoms with Gasteiger partial charge in [-0.1, -0.05) is 0 Å². The van der Waals surface area contributed by atoms with Gasteiger partial charge in [-0.05, 0) is 38.5 Å². The maximum atomic E-state index is 11.8. The molecule has 0 aliphatic heterocycles. The summed E-state index contributed by atoms with van der Waals surface area (Å²) in [5.74, 6) is 0.321. The second-order valence-electron chi connectivity index (χ2n) is 4.94. The van der Waals surface area contributed by atoms with Crippen molar-refractivity contribution < 1.29 is 9.90 Å². The van der Waals surface area contributed by atoms with E-state index in [1.54, 1.807) is 0 Å². The van der Waals surface area contributed by atoms with E-state index >= 15 is 0 Å². The van der Waals surface area contributed by atoms with Gasteiger partial charge in [0.05, 0.1) is 6.10 Å². The Morgan fingerprint density at radius 2 is 1.80 bits per heavy atom. The maximum Gasteiger partial charge on any atom is 0.223 e. The van der Waals surface area contributed by atoms with Gasteiger partial charge in [0.25, 0.3) is 0 Å². The van der Waals surface area contributed by atoms with Crippen molar-refractivity contribution in [2.75, 3.05) is 0 Å². The minimum atomic E-state index is -0.199. The fourth-order valence-corrected chi connectivity index (χ4v) is 2.41. The molecular weight excluding hydrogens is 192 g/mol. The Kier molecular flexibility index (Phi) is 3.26. The molecule has 0 unspecified atom stereocenters. The van der Waals surface area contributed by atoms with Crippen LogP contribution in [-0.4, -0.2) is 29.2 Å². The van der Waals surface area contributed by atoms with E-state index < -0.39 is 0 Å². The average molecular weight is 212 g/mol. The molecule has 0 aromatic carbocycles. The molecule has 1 amide bonds. The number of amides is 1. The number of rotatable bonds is 2. The van der Waals surface area contributed by atoms with Gasteiger partial charge in [-0.2, -0.15) is 0 Å². The van der Waals surface area contributed by atoms with Gasteiger partial charge in [0, 0.05) is 18.0 Å². The van der Waals surface area contributed by atoms with E-state index in [9.17, 15) is 4.79 Å². The van der Waals surface area contributed by atoms with E-state index in [1.165, 1.54) is 0 Å². The van der Waals surface area contributed by atoms with Crippen LogP contribution in [0.3, 0.4) is 0 Å². The van der Waals surface area contributed by atoms with Crippen LogP contribution < -0.4 is 11.1 Å². The molecule has 86 valence electrons. The summed E-state index contributed by atoms with van der Waals surface area (Å²) in [7, 11) is 0. The lowest BCUT2D eigenvalue weighted by molar-refractivity contribution is -0.128. The van der Waals surface area contributed by atoms with Crippen LogP contribution in [0.2, 0.25) is 0 Å². The summed E-state index contributed by atoms with van der Waals surface area (Å²) in [4.78, 5) is 11.8. The zero-order valence-electron chi connectivity index (χ0n) is 8.98. The van der Waals surface area contributed by atoms with Gasteiger partial charge in [-0.15, -0.1) is 0 Å². The molecule has 2 aliphatic carbocycles. The average Bonchev–Trinajstić information content (AvgIpc) is 2.16. The molecule has 0 radical (unpaired) electrons. The van der Waals surface area contributed by atoms with E-state index in [4.69, 9.17) is 10.8 Å². The molecule has 2 fully saturated rings. The standard InChI is InChI=1S/C11H20N2O2/c12-8-3-1-7(2-4-8)11(15)13-9-5-10(14)6-9/h7-10,14H,1-6,12H2,(H,13,15). The predicted molar refractivity (Wildman–Crippen MR) is 57.1 cm³/mol. The van der Waals surface area contributed by atoms with Crippen molar-refractivity contribution in [2.24, 2.45) is 11.7 Å². The lowest BCUT2D eigenvalue weighted by Crippen LogP contribution is -2.49. The van der Waals surface area contributed by atoms with Crippen LogP contribution in [0.4, 0.5) is 0 Å². The number of hydrogen-bond acceptors (Lipinski definition) is 3. The molecule has 0 bridgehead atoms. The van der Waals surface area contributed by atoms with Gasteiger partial charge in [-0.3, -0.25) is 4.79 Å². The quantitative estimate of drug-likeness (QED) is 0.609. The number of carbonyl (C=O) groups excluding carboxylic acids is 1. The molecule has 2 aliphatic rings. The van der Waals surface area contributed by atoms with Gasteiger partial charge >= 0.3 is 0 Å². The van der Waals surface area contributed by atoms with Gasteiger partial charge in [0.15, 0.2) is 0 Å². The van der Waals surface area contributed by atoms with Crippen LogP contribution in [0.15, 0.2) is 0 Å². The third-order valence-corrected chi connectivity index (χ3v) is 3.60. The second kappa shape index (κ2) is 4.49. The second-order valence-corrected chi connectivity index (χ2v) is 4.94. The number of aliphatic hydroxyl groups is 1. The highest BCUT2D eigenvalue weighted by molar-refractivity contribution is 5.79. The smallest absolute Gasteiger partial charge is 0.223 e. The third kappa shape index (κ3) is 2.69. The summed E-state index contributed by atoms with van der Waals surface area (Å²) in [5, 5.41) is 12.1. The summed E-state index contributed by atoms with van der Waals surface area (Å²) in [6.07, 6.45) is 5.01. The largest absolute Gasteiger partial charge is 0.393 e. The molecule has 0 heterocycles. The Morgan fingerprint density at radius 1 is 1.20 bits per heavy atom.